The lowest BCUT2D eigenvalue weighted by Gasteiger charge is -2.54. The maximum absolute atomic E-state index is 5.96. The van der Waals surface area contributed by atoms with Crippen molar-refractivity contribution in [3.8, 4) is 0 Å². The Hall–Kier alpha value is -0.900. The van der Waals surface area contributed by atoms with Crippen LogP contribution in [0.3, 0.4) is 0 Å². The van der Waals surface area contributed by atoms with Crippen molar-refractivity contribution in [1.82, 2.24) is 10.2 Å². The standard InChI is InChI=1S/C16H25N3O/c1-2-14(17)16-19-18-15(20-16)8-13-11-4-9-3-10(6-11)7-12(13)5-9/h9-14H,2-8,17H2,1H3. The van der Waals surface area contributed by atoms with Crippen LogP contribution in [0, 0.1) is 29.6 Å². The molecule has 5 rings (SSSR count). The third kappa shape index (κ3) is 2.09. The highest BCUT2D eigenvalue weighted by Crippen LogP contribution is 2.57. The van der Waals surface area contributed by atoms with E-state index in [0.29, 0.717) is 5.89 Å². The molecule has 110 valence electrons. The van der Waals surface area contributed by atoms with Crippen molar-refractivity contribution in [2.75, 3.05) is 0 Å². The van der Waals surface area contributed by atoms with Gasteiger partial charge in [0, 0.05) is 6.42 Å². The summed E-state index contributed by atoms with van der Waals surface area (Å²) in [7, 11) is 0. The highest BCUT2D eigenvalue weighted by Gasteiger charge is 2.48. The summed E-state index contributed by atoms with van der Waals surface area (Å²) in [6.07, 6.45) is 9.15. The van der Waals surface area contributed by atoms with Crippen molar-refractivity contribution in [3.05, 3.63) is 11.8 Å². The first-order valence-corrected chi connectivity index (χ1v) is 8.30. The van der Waals surface area contributed by atoms with E-state index in [2.05, 4.69) is 10.2 Å². The maximum Gasteiger partial charge on any atom is 0.233 e. The van der Waals surface area contributed by atoms with E-state index in [9.17, 15) is 0 Å². The average Bonchev–Trinajstić information content (AvgIpc) is 2.90. The van der Waals surface area contributed by atoms with Crippen molar-refractivity contribution < 1.29 is 4.42 Å². The van der Waals surface area contributed by atoms with E-state index < -0.39 is 0 Å². The molecule has 0 radical (unpaired) electrons. The molecule has 1 atom stereocenters. The number of nitrogens with two attached hydrogens (primary N) is 1. The number of hydrogen-bond donors (Lipinski definition) is 1. The zero-order valence-corrected chi connectivity index (χ0v) is 12.3. The van der Waals surface area contributed by atoms with Gasteiger partial charge in [-0.3, -0.25) is 0 Å². The number of aromatic nitrogens is 2. The molecular formula is C16H25N3O. The summed E-state index contributed by atoms with van der Waals surface area (Å²) in [5.74, 6) is 6.12. The van der Waals surface area contributed by atoms with Gasteiger partial charge in [0.05, 0.1) is 6.04 Å². The maximum atomic E-state index is 5.96. The van der Waals surface area contributed by atoms with E-state index in [4.69, 9.17) is 10.2 Å². The lowest BCUT2D eigenvalue weighted by Crippen LogP contribution is -2.45. The molecule has 20 heavy (non-hydrogen) atoms. The van der Waals surface area contributed by atoms with Crippen LogP contribution in [0.4, 0.5) is 0 Å². The van der Waals surface area contributed by atoms with Crippen LogP contribution >= 0.6 is 0 Å². The van der Waals surface area contributed by atoms with Crippen LogP contribution in [-0.4, -0.2) is 10.2 Å². The molecule has 0 saturated heterocycles. The molecule has 4 aliphatic rings. The Morgan fingerprint density at radius 1 is 1.10 bits per heavy atom. The Bertz CT molecular complexity index is 456. The molecule has 1 aromatic heterocycles. The Kier molecular flexibility index (Phi) is 3.09. The molecule has 4 saturated carbocycles. The molecule has 2 N–H and O–H groups in total. The zero-order chi connectivity index (χ0) is 13.7. The fraction of sp³-hybridized carbons (Fsp3) is 0.875. The fourth-order valence-electron chi connectivity index (χ4n) is 5.25. The molecule has 1 aromatic rings. The molecule has 1 heterocycles. The molecule has 0 aromatic carbocycles. The Labute approximate surface area is 120 Å². The third-order valence-corrected chi connectivity index (χ3v) is 6.07. The lowest BCUT2D eigenvalue weighted by molar-refractivity contribution is -0.0382. The van der Waals surface area contributed by atoms with Gasteiger partial charge in [-0.1, -0.05) is 6.92 Å². The summed E-state index contributed by atoms with van der Waals surface area (Å²) < 4.78 is 5.80. The smallest absolute Gasteiger partial charge is 0.233 e. The van der Waals surface area contributed by atoms with E-state index in [0.717, 1.165) is 48.3 Å². The van der Waals surface area contributed by atoms with Crippen LogP contribution in [0.15, 0.2) is 4.42 Å². The lowest BCUT2D eigenvalue weighted by atomic mass is 9.51. The SMILES string of the molecule is CCC(N)c1nnc(CC2C3CC4CC(C3)CC2C4)o1. The topological polar surface area (TPSA) is 64.9 Å². The number of nitrogens with zero attached hydrogens (tertiary/aromatic N) is 2. The summed E-state index contributed by atoms with van der Waals surface area (Å²) in [6.45, 7) is 2.05. The second kappa shape index (κ2) is 4.83. The van der Waals surface area contributed by atoms with Crippen LogP contribution in [-0.2, 0) is 6.42 Å². The molecule has 4 nitrogen and oxygen atoms in total. The average molecular weight is 275 g/mol. The van der Waals surface area contributed by atoms with Gasteiger partial charge < -0.3 is 10.2 Å². The fourth-order valence-corrected chi connectivity index (χ4v) is 5.25. The third-order valence-electron chi connectivity index (χ3n) is 6.07. The van der Waals surface area contributed by atoms with Crippen LogP contribution in [0.1, 0.15) is 63.3 Å². The van der Waals surface area contributed by atoms with Crippen molar-refractivity contribution in [1.29, 1.82) is 0 Å². The Morgan fingerprint density at radius 3 is 2.35 bits per heavy atom. The summed E-state index contributed by atoms with van der Waals surface area (Å²) in [5, 5.41) is 8.37. The molecule has 0 amide bonds. The van der Waals surface area contributed by atoms with Gasteiger partial charge >= 0.3 is 0 Å². The summed E-state index contributed by atoms with van der Waals surface area (Å²) in [5.41, 5.74) is 5.96. The molecule has 1 unspecified atom stereocenters. The minimum Gasteiger partial charge on any atom is -0.424 e. The van der Waals surface area contributed by atoms with E-state index in [-0.39, 0.29) is 6.04 Å². The molecule has 4 bridgehead atoms. The van der Waals surface area contributed by atoms with Gasteiger partial charge in [-0.15, -0.1) is 10.2 Å². The van der Waals surface area contributed by atoms with Crippen LogP contribution < -0.4 is 5.73 Å². The second-order valence-corrected chi connectivity index (χ2v) is 7.35. The molecule has 4 heteroatoms. The first-order valence-electron chi connectivity index (χ1n) is 8.30. The van der Waals surface area contributed by atoms with E-state index >= 15 is 0 Å². The minimum absolute atomic E-state index is 0.102. The largest absolute Gasteiger partial charge is 0.424 e. The van der Waals surface area contributed by atoms with Gasteiger partial charge in [0.1, 0.15) is 0 Å². The Morgan fingerprint density at radius 2 is 1.75 bits per heavy atom. The molecule has 0 spiro atoms. The van der Waals surface area contributed by atoms with E-state index in [1.54, 1.807) is 0 Å². The van der Waals surface area contributed by atoms with Gasteiger partial charge in [-0.2, -0.15) is 0 Å². The normalized spacial score (nSPS) is 40.2. The van der Waals surface area contributed by atoms with Crippen molar-refractivity contribution in [2.45, 2.75) is 57.9 Å². The zero-order valence-electron chi connectivity index (χ0n) is 12.3. The minimum atomic E-state index is -0.102. The summed E-state index contributed by atoms with van der Waals surface area (Å²) in [4.78, 5) is 0. The summed E-state index contributed by atoms with van der Waals surface area (Å²) >= 11 is 0. The Balaban J connectivity index is 1.48. The van der Waals surface area contributed by atoms with Crippen molar-refractivity contribution in [3.63, 3.8) is 0 Å². The van der Waals surface area contributed by atoms with Gasteiger partial charge in [-0.05, 0) is 68.1 Å². The molecular weight excluding hydrogens is 250 g/mol. The number of hydrogen-bond acceptors (Lipinski definition) is 4. The predicted molar refractivity (Wildman–Crippen MR) is 75.8 cm³/mol. The molecule has 4 fully saturated rings. The predicted octanol–water partition coefficient (Wildman–Crippen LogP) is 3.09. The van der Waals surface area contributed by atoms with Crippen molar-refractivity contribution >= 4 is 0 Å². The van der Waals surface area contributed by atoms with Gasteiger partial charge in [0.25, 0.3) is 0 Å². The quantitative estimate of drug-likeness (QED) is 0.917. The van der Waals surface area contributed by atoms with Crippen molar-refractivity contribution in [2.24, 2.45) is 35.3 Å². The van der Waals surface area contributed by atoms with Crippen LogP contribution in [0.2, 0.25) is 0 Å². The molecule has 4 aliphatic carbocycles. The van der Waals surface area contributed by atoms with E-state index in [1.807, 2.05) is 6.92 Å². The van der Waals surface area contributed by atoms with Gasteiger partial charge in [0.2, 0.25) is 11.8 Å². The second-order valence-electron chi connectivity index (χ2n) is 7.35. The molecule has 0 aliphatic heterocycles. The first-order chi connectivity index (χ1) is 9.72. The van der Waals surface area contributed by atoms with Crippen LogP contribution in [0.25, 0.3) is 0 Å². The monoisotopic (exact) mass is 275 g/mol. The van der Waals surface area contributed by atoms with Gasteiger partial charge in [0.15, 0.2) is 0 Å². The van der Waals surface area contributed by atoms with Gasteiger partial charge in [-0.25, -0.2) is 0 Å². The van der Waals surface area contributed by atoms with Crippen LogP contribution in [0.5, 0.6) is 0 Å². The highest BCUT2D eigenvalue weighted by molar-refractivity contribution is 5.01. The first kappa shape index (κ1) is 12.8. The summed E-state index contributed by atoms with van der Waals surface area (Å²) in [6, 6.07) is -0.102. The number of rotatable bonds is 4. The van der Waals surface area contributed by atoms with E-state index in [1.165, 1.54) is 32.1 Å². The highest BCUT2D eigenvalue weighted by atomic mass is 16.4.